The van der Waals surface area contributed by atoms with Crippen molar-refractivity contribution in [3.63, 3.8) is 0 Å². The van der Waals surface area contributed by atoms with E-state index in [9.17, 15) is 14.9 Å². The van der Waals surface area contributed by atoms with Gasteiger partial charge in [0.25, 0.3) is 5.91 Å². The van der Waals surface area contributed by atoms with E-state index >= 15 is 0 Å². The van der Waals surface area contributed by atoms with E-state index < -0.39 is 10.8 Å². The van der Waals surface area contributed by atoms with Crippen molar-refractivity contribution in [2.45, 2.75) is 27.3 Å². The smallest absolute Gasteiger partial charge is 0.317 e. The average molecular weight is 361 g/mol. The number of rotatable bonds is 3. The van der Waals surface area contributed by atoms with Crippen molar-refractivity contribution in [3.05, 3.63) is 55.2 Å². The van der Waals surface area contributed by atoms with E-state index in [1.807, 2.05) is 25.3 Å². The molecule has 0 saturated carbocycles. The topological polar surface area (TPSA) is 77.5 Å². The summed E-state index contributed by atoms with van der Waals surface area (Å²) in [6.45, 7) is 6.78. The second kappa shape index (κ2) is 6.29. The predicted molar refractivity (Wildman–Crippen MR) is 95.8 cm³/mol. The second-order valence-electron chi connectivity index (χ2n) is 5.37. The van der Waals surface area contributed by atoms with Crippen molar-refractivity contribution in [2.24, 2.45) is 4.99 Å². The van der Waals surface area contributed by atoms with Crippen LogP contribution < -0.4 is 4.80 Å². The summed E-state index contributed by atoms with van der Waals surface area (Å²) in [6.07, 6.45) is 0. The molecule has 1 aromatic carbocycles. The Hall–Kier alpha value is -2.32. The number of thiophene rings is 1. The quantitative estimate of drug-likeness (QED) is 0.521. The van der Waals surface area contributed by atoms with Gasteiger partial charge in [0.1, 0.15) is 4.88 Å². The van der Waals surface area contributed by atoms with Crippen LogP contribution in [0.15, 0.2) is 29.3 Å². The summed E-state index contributed by atoms with van der Waals surface area (Å²) >= 11 is 2.31. The second-order valence-corrected chi connectivity index (χ2v) is 7.41. The minimum atomic E-state index is -0.501. The van der Waals surface area contributed by atoms with Crippen LogP contribution in [0, 0.1) is 24.0 Å². The summed E-state index contributed by atoms with van der Waals surface area (Å²) in [5.74, 6) is -0.448. The van der Waals surface area contributed by atoms with Crippen molar-refractivity contribution in [3.8, 4) is 0 Å². The molecule has 8 heteroatoms. The third-order valence-electron chi connectivity index (χ3n) is 3.61. The van der Waals surface area contributed by atoms with Crippen molar-refractivity contribution >= 4 is 43.8 Å². The summed E-state index contributed by atoms with van der Waals surface area (Å²) in [5, 5.41) is 10.7. The van der Waals surface area contributed by atoms with Gasteiger partial charge in [0.05, 0.1) is 15.1 Å². The number of nitro groups is 1. The van der Waals surface area contributed by atoms with Crippen LogP contribution in [0.3, 0.4) is 0 Å². The number of nitrogens with zero attached hydrogens (tertiary/aromatic N) is 3. The van der Waals surface area contributed by atoms with E-state index in [1.54, 1.807) is 0 Å². The number of carbonyl (C=O) groups excluding carboxylic acids is 1. The zero-order valence-electron chi connectivity index (χ0n) is 13.4. The normalized spacial score (nSPS) is 12.0. The third kappa shape index (κ3) is 2.90. The minimum Gasteiger partial charge on any atom is -0.317 e. The van der Waals surface area contributed by atoms with Gasteiger partial charge in [0.15, 0.2) is 4.80 Å². The van der Waals surface area contributed by atoms with Crippen molar-refractivity contribution in [1.82, 2.24) is 4.57 Å². The summed E-state index contributed by atoms with van der Waals surface area (Å²) in [5.41, 5.74) is 3.37. The maximum absolute atomic E-state index is 12.4. The van der Waals surface area contributed by atoms with Crippen molar-refractivity contribution < 1.29 is 9.72 Å². The third-order valence-corrected chi connectivity index (χ3v) is 5.86. The standard InChI is InChI=1S/C16H15N3O3S2/c1-4-18-11-8-9(2)7-10(3)14(11)24-16(18)17-15(20)12-5-6-13(23-12)19(21)22/h5-8H,4H2,1-3H3. The highest BCUT2D eigenvalue weighted by atomic mass is 32.1. The molecule has 2 heterocycles. The van der Waals surface area contributed by atoms with E-state index in [0.717, 1.165) is 32.7 Å². The van der Waals surface area contributed by atoms with Gasteiger partial charge in [-0.1, -0.05) is 28.7 Å². The van der Waals surface area contributed by atoms with Crippen LogP contribution in [0.1, 0.15) is 27.7 Å². The maximum Gasteiger partial charge on any atom is 0.324 e. The maximum atomic E-state index is 12.4. The Morgan fingerprint density at radius 1 is 1.29 bits per heavy atom. The molecule has 124 valence electrons. The molecule has 0 aliphatic rings. The largest absolute Gasteiger partial charge is 0.324 e. The molecule has 0 aliphatic heterocycles. The molecule has 0 atom stereocenters. The summed E-state index contributed by atoms with van der Waals surface area (Å²) in [6, 6.07) is 6.97. The summed E-state index contributed by atoms with van der Waals surface area (Å²) in [4.78, 5) is 27.7. The van der Waals surface area contributed by atoms with Gasteiger partial charge in [0.2, 0.25) is 0 Å². The van der Waals surface area contributed by atoms with Crippen molar-refractivity contribution in [2.75, 3.05) is 0 Å². The van der Waals surface area contributed by atoms with E-state index in [-0.39, 0.29) is 9.88 Å². The lowest BCUT2D eigenvalue weighted by molar-refractivity contribution is -0.380. The number of fused-ring (bicyclic) bond motifs is 1. The number of hydrogen-bond donors (Lipinski definition) is 0. The average Bonchev–Trinajstić information content (AvgIpc) is 3.12. The number of benzene rings is 1. The number of hydrogen-bond acceptors (Lipinski definition) is 5. The molecule has 0 fully saturated rings. The van der Waals surface area contributed by atoms with E-state index in [2.05, 4.69) is 17.1 Å². The van der Waals surface area contributed by atoms with Gasteiger partial charge < -0.3 is 4.57 Å². The molecule has 3 rings (SSSR count). The zero-order valence-corrected chi connectivity index (χ0v) is 15.0. The molecule has 0 bridgehead atoms. The molecule has 0 saturated heterocycles. The van der Waals surface area contributed by atoms with Crippen LogP contribution in [0.25, 0.3) is 10.2 Å². The number of carbonyl (C=O) groups is 1. The fraction of sp³-hybridized carbons (Fsp3) is 0.250. The zero-order chi connectivity index (χ0) is 17.4. The minimum absolute atomic E-state index is 0.0558. The fourth-order valence-corrected chi connectivity index (χ4v) is 4.43. The van der Waals surface area contributed by atoms with Gasteiger partial charge in [-0.25, -0.2) is 0 Å². The summed E-state index contributed by atoms with van der Waals surface area (Å²) < 4.78 is 3.10. The molecule has 0 spiro atoms. The number of aryl methyl sites for hydroxylation is 3. The van der Waals surface area contributed by atoms with Gasteiger partial charge in [0, 0.05) is 12.6 Å². The van der Waals surface area contributed by atoms with Gasteiger partial charge in [-0.3, -0.25) is 14.9 Å². The van der Waals surface area contributed by atoms with Gasteiger partial charge in [-0.2, -0.15) is 4.99 Å². The first-order chi connectivity index (χ1) is 11.4. The lowest BCUT2D eigenvalue weighted by Gasteiger charge is -2.02. The molecule has 3 aromatic rings. The van der Waals surface area contributed by atoms with Gasteiger partial charge in [-0.05, 0) is 44.0 Å². The SMILES string of the molecule is CCn1c(=NC(=O)c2ccc([N+](=O)[O-])s2)sc2c(C)cc(C)cc21. The van der Waals surface area contributed by atoms with Crippen LogP contribution in [0.5, 0.6) is 0 Å². The van der Waals surface area contributed by atoms with E-state index in [0.29, 0.717) is 11.3 Å². The highest BCUT2D eigenvalue weighted by Gasteiger charge is 2.16. The molecule has 24 heavy (non-hydrogen) atoms. The first-order valence-electron chi connectivity index (χ1n) is 7.34. The Labute approximate surface area is 145 Å². The predicted octanol–water partition coefficient (Wildman–Crippen LogP) is 4.05. The molecular formula is C16H15N3O3S2. The molecule has 2 aromatic heterocycles. The van der Waals surface area contributed by atoms with Crippen LogP contribution in [-0.4, -0.2) is 15.4 Å². The highest BCUT2D eigenvalue weighted by Crippen LogP contribution is 2.25. The molecule has 0 aliphatic carbocycles. The Morgan fingerprint density at radius 2 is 2.04 bits per heavy atom. The number of amides is 1. The summed E-state index contributed by atoms with van der Waals surface area (Å²) in [7, 11) is 0. The Bertz CT molecular complexity index is 1030. The van der Waals surface area contributed by atoms with Crippen LogP contribution >= 0.6 is 22.7 Å². The number of aromatic nitrogens is 1. The van der Waals surface area contributed by atoms with Crippen LogP contribution in [0.2, 0.25) is 0 Å². The molecular weight excluding hydrogens is 346 g/mol. The molecule has 0 N–H and O–H groups in total. The lowest BCUT2D eigenvalue weighted by atomic mass is 10.1. The fourth-order valence-electron chi connectivity index (χ4n) is 2.59. The first kappa shape index (κ1) is 16.5. The Kier molecular flexibility index (Phi) is 4.33. The molecule has 0 radical (unpaired) electrons. The van der Waals surface area contributed by atoms with Crippen LogP contribution in [0.4, 0.5) is 5.00 Å². The molecule has 6 nitrogen and oxygen atoms in total. The molecule has 1 amide bonds. The lowest BCUT2D eigenvalue weighted by Crippen LogP contribution is -2.15. The monoisotopic (exact) mass is 361 g/mol. The Balaban J connectivity index is 2.13. The Morgan fingerprint density at radius 3 is 2.67 bits per heavy atom. The molecule has 0 unspecified atom stereocenters. The van der Waals surface area contributed by atoms with Gasteiger partial charge >= 0.3 is 5.00 Å². The van der Waals surface area contributed by atoms with Gasteiger partial charge in [-0.15, -0.1) is 0 Å². The van der Waals surface area contributed by atoms with Crippen LogP contribution in [-0.2, 0) is 6.54 Å². The highest BCUT2D eigenvalue weighted by molar-refractivity contribution is 7.17. The first-order valence-corrected chi connectivity index (χ1v) is 8.98. The van der Waals surface area contributed by atoms with E-state index in [4.69, 9.17) is 0 Å². The number of thiazole rings is 1. The van der Waals surface area contributed by atoms with Crippen molar-refractivity contribution in [1.29, 1.82) is 0 Å². The van der Waals surface area contributed by atoms with E-state index in [1.165, 1.54) is 23.5 Å².